The highest BCUT2D eigenvalue weighted by Crippen LogP contribution is 2.37. The average molecular weight is 502 g/mol. The zero-order valence-corrected chi connectivity index (χ0v) is 21.1. The van der Waals surface area contributed by atoms with Gasteiger partial charge in [-0.1, -0.05) is 43.2 Å². The first-order valence-corrected chi connectivity index (χ1v) is 11.0. The van der Waals surface area contributed by atoms with Crippen LogP contribution in [-0.4, -0.2) is 45.3 Å². The number of benzene rings is 2. The van der Waals surface area contributed by atoms with Gasteiger partial charge in [0.25, 0.3) is 0 Å². The van der Waals surface area contributed by atoms with Crippen molar-refractivity contribution in [1.29, 1.82) is 0 Å². The first-order chi connectivity index (χ1) is 15.2. The third kappa shape index (κ3) is 11.6. The molecule has 2 N–H and O–H groups in total. The average Bonchev–Trinajstić information content (AvgIpc) is 2.79. The molecule has 0 radical (unpaired) electrons. The van der Waals surface area contributed by atoms with Gasteiger partial charge in [0.15, 0.2) is 5.75 Å². The van der Waals surface area contributed by atoms with E-state index in [1.807, 2.05) is 6.07 Å². The molecule has 9 heteroatoms. The van der Waals surface area contributed by atoms with Crippen LogP contribution in [0.2, 0.25) is 0 Å². The first-order valence-electron chi connectivity index (χ1n) is 11.0. The van der Waals surface area contributed by atoms with Crippen LogP contribution >= 0.6 is 24.8 Å². The monoisotopic (exact) mass is 501 g/mol. The molecule has 0 amide bonds. The summed E-state index contributed by atoms with van der Waals surface area (Å²) in [4.78, 5) is 10.8. The number of rotatable bonds is 16. The van der Waals surface area contributed by atoms with E-state index in [0.717, 1.165) is 44.6 Å². The summed E-state index contributed by atoms with van der Waals surface area (Å²) in [5.41, 5.74) is 2.18. The standard InChI is InChI=1S/C24H35N3O4.2ClH/c1-30-23-19-21(18-22(27(28)29)24(23)31-2)13-17-26-15-9-4-3-8-14-25-16-12-20-10-6-5-7-11-20;;/h5-7,10-11,18-19,25-26H,3-4,8-9,12-17H2,1-2H3;2*1H. The van der Waals surface area contributed by atoms with E-state index in [0.29, 0.717) is 12.2 Å². The molecule has 0 bridgehead atoms. The minimum atomic E-state index is -0.436. The Kier molecular flexibility index (Phi) is 17.2. The number of nitrogens with one attached hydrogen (secondary N) is 2. The van der Waals surface area contributed by atoms with Gasteiger partial charge < -0.3 is 20.1 Å². The molecule has 0 saturated heterocycles. The molecule has 0 spiro atoms. The predicted molar refractivity (Wildman–Crippen MR) is 139 cm³/mol. The minimum absolute atomic E-state index is 0. The molecule has 33 heavy (non-hydrogen) atoms. The van der Waals surface area contributed by atoms with E-state index in [-0.39, 0.29) is 36.3 Å². The second-order valence-electron chi connectivity index (χ2n) is 7.51. The summed E-state index contributed by atoms with van der Waals surface area (Å²) in [5, 5.41) is 18.2. The fourth-order valence-electron chi connectivity index (χ4n) is 3.49. The van der Waals surface area contributed by atoms with Gasteiger partial charge >= 0.3 is 5.69 Å². The fraction of sp³-hybridized carbons (Fsp3) is 0.500. The molecule has 2 aromatic carbocycles. The lowest BCUT2D eigenvalue weighted by atomic mass is 10.1. The minimum Gasteiger partial charge on any atom is -0.493 e. The molecule has 0 saturated carbocycles. The van der Waals surface area contributed by atoms with E-state index in [1.165, 1.54) is 39.0 Å². The lowest BCUT2D eigenvalue weighted by molar-refractivity contribution is -0.385. The van der Waals surface area contributed by atoms with Crippen LogP contribution in [0.25, 0.3) is 0 Å². The third-order valence-electron chi connectivity index (χ3n) is 5.20. The molecule has 0 aliphatic heterocycles. The predicted octanol–water partition coefficient (Wildman–Crippen LogP) is 4.98. The first kappa shape index (κ1) is 30.9. The van der Waals surface area contributed by atoms with Crippen LogP contribution in [0, 0.1) is 10.1 Å². The van der Waals surface area contributed by atoms with E-state index in [2.05, 4.69) is 34.9 Å². The van der Waals surface area contributed by atoms with Crippen molar-refractivity contribution in [2.75, 3.05) is 40.4 Å². The number of methoxy groups -OCH3 is 2. The summed E-state index contributed by atoms with van der Waals surface area (Å²) >= 11 is 0. The molecule has 0 aromatic heterocycles. The Balaban J connectivity index is 0.00000512. The largest absolute Gasteiger partial charge is 0.493 e. The molecule has 0 fully saturated rings. The highest BCUT2D eigenvalue weighted by atomic mass is 35.5. The lowest BCUT2D eigenvalue weighted by Crippen LogP contribution is -2.19. The molecule has 0 aliphatic rings. The normalized spacial score (nSPS) is 10.1. The quantitative estimate of drug-likeness (QED) is 0.191. The topological polar surface area (TPSA) is 85.7 Å². The van der Waals surface area contributed by atoms with Gasteiger partial charge in [0, 0.05) is 6.07 Å². The van der Waals surface area contributed by atoms with E-state index in [9.17, 15) is 10.1 Å². The number of hydrogen-bond donors (Lipinski definition) is 2. The van der Waals surface area contributed by atoms with E-state index < -0.39 is 4.92 Å². The molecule has 2 aromatic rings. The number of hydrogen-bond acceptors (Lipinski definition) is 6. The molecule has 0 atom stereocenters. The molecule has 0 aliphatic carbocycles. The maximum Gasteiger partial charge on any atom is 0.315 e. The van der Waals surface area contributed by atoms with Crippen molar-refractivity contribution in [3.05, 3.63) is 63.7 Å². The molecule has 7 nitrogen and oxygen atoms in total. The van der Waals surface area contributed by atoms with Gasteiger partial charge in [-0.3, -0.25) is 10.1 Å². The van der Waals surface area contributed by atoms with Crippen LogP contribution in [0.3, 0.4) is 0 Å². The van der Waals surface area contributed by atoms with Crippen LogP contribution in [0.4, 0.5) is 5.69 Å². The number of nitro groups is 1. The second-order valence-corrected chi connectivity index (χ2v) is 7.51. The van der Waals surface area contributed by atoms with E-state index >= 15 is 0 Å². The molecule has 2 rings (SSSR count). The van der Waals surface area contributed by atoms with Crippen LogP contribution in [-0.2, 0) is 12.8 Å². The summed E-state index contributed by atoms with van der Waals surface area (Å²) in [7, 11) is 2.90. The number of ether oxygens (including phenoxy) is 2. The Hall–Kier alpha value is -2.06. The summed E-state index contributed by atoms with van der Waals surface area (Å²) < 4.78 is 10.4. The maximum absolute atomic E-state index is 11.3. The van der Waals surface area contributed by atoms with Crippen molar-refractivity contribution in [1.82, 2.24) is 10.6 Å². The molecular weight excluding hydrogens is 465 g/mol. The Bertz CT molecular complexity index is 795. The van der Waals surface area contributed by atoms with Gasteiger partial charge in [0.05, 0.1) is 19.1 Å². The van der Waals surface area contributed by atoms with Gasteiger partial charge in [-0.25, -0.2) is 0 Å². The van der Waals surface area contributed by atoms with Crippen molar-refractivity contribution in [3.8, 4) is 11.5 Å². The van der Waals surface area contributed by atoms with E-state index in [4.69, 9.17) is 9.47 Å². The van der Waals surface area contributed by atoms with Gasteiger partial charge in [-0.05, 0) is 69.1 Å². The third-order valence-corrected chi connectivity index (χ3v) is 5.20. The highest BCUT2D eigenvalue weighted by Gasteiger charge is 2.21. The zero-order valence-electron chi connectivity index (χ0n) is 19.5. The summed E-state index contributed by atoms with van der Waals surface area (Å²) in [5.74, 6) is 0.558. The number of nitrogens with zero attached hydrogens (tertiary/aromatic N) is 1. The summed E-state index contributed by atoms with van der Waals surface area (Å²) in [6.45, 7) is 3.82. The van der Waals surface area contributed by atoms with Crippen LogP contribution in [0.15, 0.2) is 42.5 Å². The number of nitro benzene ring substituents is 1. The summed E-state index contributed by atoms with van der Waals surface area (Å²) in [6.07, 6.45) is 6.54. The number of unbranched alkanes of at least 4 members (excludes halogenated alkanes) is 3. The SMILES string of the molecule is COc1cc(CCNCCCCCCNCCc2ccccc2)cc([N+](=O)[O-])c1OC.Cl.Cl. The smallest absolute Gasteiger partial charge is 0.315 e. The molecule has 186 valence electrons. The van der Waals surface area contributed by atoms with Gasteiger partial charge in [-0.2, -0.15) is 0 Å². The van der Waals surface area contributed by atoms with Crippen molar-refractivity contribution < 1.29 is 14.4 Å². The second kappa shape index (κ2) is 18.4. The molecule has 0 heterocycles. The van der Waals surface area contributed by atoms with Gasteiger partial charge in [-0.15, -0.1) is 24.8 Å². The van der Waals surface area contributed by atoms with Crippen LogP contribution in [0.1, 0.15) is 36.8 Å². The Morgan fingerprint density at radius 1 is 0.788 bits per heavy atom. The van der Waals surface area contributed by atoms with Crippen molar-refractivity contribution >= 4 is 30.5 Å². The number of halogens is 2. The highest BCUT2D eigenvalue weighted by molar-refractivity contribution is 5.85. The van der Waals surface area contributed by atoms with Crippen LogP contribution < -0.4 is 20.1 Å². The zero-order chi connectivity index (χ0) is 22.3. The van der Waals surface area contributed by atoms with Crippen molar-refractivity contribution in [3.63, 3.8) is 0 Å². The Morgan fingerprint density at radius 3 is 1.88 bits per heavy atom. The lowest BCUT2D eigenvalue weighted by Gasteiger charge is -2.11. The molecular formula is C24H37Cl2N3O4. The van der Waals surface area contributed by atoms with E-state index in [1.54, 1.807) is 12.1 Å². The van der Waals surface area contributed by atoms with Crippen molar-refractivity contribution in [2.45, 2.75) is 38.5 Å². The maximum atomic E-state index is 11.3. The summed E-state index contributed by atoms with van der Waals surface area (Å²) in [6, 6.07) is 13.9. The van der Waals surface area contributed by atoms with Crippen LogP contribution in [0.5, 0.6) is 11.5 Å². The fourth-order valence-corrected chi connectivity index (χ4v) is 3.49. The van der Waals surface area contributed by atoms with Gasteiger partial charge in [0.1, 0.15) is 0 Å². The molecule has 0 unspecified atom stereocenters. The Labute approximate surface area is 209 Å². The van der Waals surface area contributed by atoms with Crippen molar-refractivity contribution in [2.24, 2.45) is 0 Å². The Morgan fingerprint density at radius 2 is 1.36 bits per heavy atom. The van der Waals surface area contributed by atoms with Gasteiger partial charge in [0.2, 0.25) is 5.75 Å².